The summed E-state index contributed by atoms with van der Waals surface area (Å²) in [5.41, 5.74) is 0.477. The van der Waals surface area contributed by atoms with Crippen molar-refractivity contribution in [2.24, 2.45) is 5.41 Å². The summed E-state index contributed by atoms with van der Waals surface area (Å²) in [6.07, 6.45) is 1.56. The Kier molecular flexibility index (Phi) is 3.81. The van der Waals surface area contributed by atoms with Gasteiger partial charge in [0.05, 0.1) is 11.9 Å². The second kappa shape index (κ2) is 4.64. The summed E-state index contributed by atoms with van der Waals surface area (Å²) in [5.74, 6) is -0.493. The van der Waals surface area contributed by atoms with Crippen LogP contribution in [0.4, 0.5) is 10.1 Å². The van der Waals surface area contributed by atoms with Crippen molar-refractivity contribution in [3.05, 3.63) is 29.6 Å². The summed E-state index contributed by atoms with van der Waals surface area (Å²) >= 11 is 0. The van der Waals surface area contributed by atoms with Gasteiger partial charge in [0.2, 0.25) is 10.0 Å². The molecule has 0 heterocycles. The lowest BCUT2D eigenvalue weighted by Gasteiger charge is -2.19. The van der Waals surface area contributed by atoms with Crippen molar-refractivity contribution in [3.8, 4) is 0 Å². The lowest BCUT2D eigenvalue weighted by molar-refractivity contribution is 0.402. The van der Waals surface area contributed by atoms with E-state index in [0.29, 0.717) is 12.0 Å². The molecule has 0 aliphatic rings. The molecule has 0 unspecified atom stereocenters. The lowest BCUT2D eigenvalue weighted by Crippen LogP contribution is -2.14. The highest BCUT2D eigenvalue weighted by molar-refractivity contribution is 7.92. The summed E-state index contributed by atoms with van der Waals surface area (Å²) in [4.78, 5) is 0. The van der Waals surface area contributed by atoms with E-state index in [4.69, 9.17) is 0 Å². The van der Waals surface area contributed by atoms with Gasteiger partial charge in [-0.25, -0.2) is 12.8 Å². The first-order chi connectivity index (χ1) is 7.58. The zero-order chi connectivity index (χ0) is 13.3. The molecular weight excluding hydrogens is 241 g/mol. The summed E-state index contributed by atoms with van der Waals surface area (Å²) in [6, 6.07) is 4.74. The third-order valence-corrected chi connectivity index (χ3v) is 2.69. The molecule has 17 heavy (non-hydrogen) atoms. The van der Waals surface area contributed by atoms with Crippen molar-refractivity contribution < 1.29 is 12.8 Å². The third kappa shape index (κ3) is 4.73. The second-order valence-corrected chi connectivity index (χ2v) is 7.14. The van der Waals surface area contributed by atoms with Crippen LogP contribution in [0.3, 0.4) is 0 Å². The number of halogens is 1. The zero-order valence-electron chi connectivity index (χ0n) is 10.5. The third-order valence-electron chi connectivity index (χ3n) is 2.09. The van der Waals surface area contributed by atoms with Gasteiger partial charge in [-0.1, -0.05) is 32.9 Å². The minimum atomic E-state index is -3.45. The van der Waals surface area contributed by atoms with Crippen LogP contribution in [0, 0.1) is 11.2 Å². The van der Waals surface area contributed by atoms with Gasteiger partial charge in [-0.05, 0) is 23.5 Å². The first-order valence-corrected chi connectivity index (χ1v) is 7.23. The van der Waals surface area contributed by atoms with E-state index in [1.807, 2.05) is 20.8 Å². The Balaban J connectivity index is 3.08. The van der Waals surface area contributed by atoms with E-state index in [1.165, 1.54) is 6.07 Å². The molecule has 0 fully saturated rings. The van der Waals surface area contributed by atoms with Crippen LogP contribution in [-0.2, 0) is 16.4 Å². The van der Waals surface area contributed by atoms with E-state index in [-0.39, 0.29) is 11.1 Å². The predicted octanol–water partition coefficient (Wildman–Crippen LogP) is 2.79. The van der Waals surface area contributed by atoms with Crippen LogP contribution < -0.4 is 4.72 Å². The van der Waals surface area contributed by atoms with Crippen LogP contribution in [0.25, 0.3) is 0 Å². The summed E-state index contributed by atoms with van der Waals surface area (Å²) < 4.78 is 38.3. The van der Waals surface area contributed by atoms with Gasteiger partial charge in [0, 0.05) is 0 Å². The molecule has 1 rings (SSSR count). The first kappa shape index (κ1) is 14.0. The van der Waals surface area contributed by atoms with E-state index in [9.17, 15) is 12.8 Å². The maximum absolute atomic E-state index is 14.0. The minimum Gasteiger partial charge on any atom is -0.281 e. The van der Waals surface area contributed by atoms with Crippen LogP contribution in [0.1, 0.15) is 26.3 Å². The fourth-order valence-corrected chi connectivity index (χ4v) is 2.12. The fraction of sp³-hybridized carbons (Fsp3) is 0.500. The van der Waals surface area contributed by atoms with Gasteiger partial charge in [0.15, 0.2) is 0 Å². The number of hydrogen-bond donors (Lipinski definition) is 1. The molecule has 0 spiro atoms. The fourth-order valence-electron chi connectivity index (χ4n) is 1.57. The van der Waals surface area contributed by atoms with Crippen LogP contribution in [-0.4, -0.2) is 14.7 Å². The van der Waals surface area contributed by atoms with Gasteiger partial charge in [0.25, 0.3) is 0 Å². The molecule has 0 radical (unpaired) electrons. The van der Waals surface area contributed by atoms with E-state index in [2.05, 4.69) is 4.72 Å². The normalized spacial score (nSPS) is 12.5. The minimum absolute atomic E-state index is 0.00856. The maximum Gasteiger partial charge on any atom is 0.229 e. The smallest absolute Gasteiger partial charge is 0.229 e. The molecular formula is C12H18FNO2S. The monoisotopic (exact) mass is 259 g/mol. The molecule has 0 saturated carbocycles. The Morgan fingerprint density at radius 1 is 1.29 bits per heavy atom. The van der Waals surface area contributed by atoms with E-state index in [1.54, 1.807) is 12.1 Å². The van der Waals surface area contributed by atoms with E-state index >= 15 is 0 Å². The van der Waals surface area contributed by atoms with Gasteiger partial charge in [-0.3, -0.25) is 4.72 Å². The van der Waals surface area contributed by atoms with Gasteiger partial charge in [-0.2, -0.15) is 0 Å². The molecule has 96 valence electrons. The van der Waals surface area contributed by atoms with Crippen LogP contribution >= 0.6 is 0 Å². The number of benzene rings is 1. The predicted molar refractivity (Wildman–Crippen MR) is 68.0 cm³/mol. The Hall–Kier alpha value is -1.10. The molecule has 1 aromatic carbocycles. The number of hydrogen-bond acceptors (Lipinski definition) is 2. The second-order valence-electron chi connectivity index (χ2n) is 5.39. The van der Waals surface area contributed by atoms with Crippen molar-refractivity contribution in [1.82, 2.24) is 0 Å². The molecule has 0 saturated heterocycles. The average molecular weight is 259 g/mol. The summed E-state index contributed by atoms with van der Waals surface area (Å²) in [7, 11) is -3.45. The van der Waals surface area contributed by atoms with E-state index in [0.717, 1.165) is 6.26 Å². The Labute approximate surface area is 102 Å². The molecule has 0 aliphatic heterocycles. The first-order valence-electron chi connectivity index (χ1n) is 5.34. The van der Waals surface area contributed by atoms with Crippen molar-refractivity contribution in [2.45, 2.75) is 27.2 Å². The molecule has 0 bridgehead atoms. The average Bonchev–Trinajstić information content (AvgIpc) is 2.07. The maximum atomic E-state index is 14.0. The van der Waals surface area contributed by atoms with Gasteiger partial charge in [0.1, 0.15) is 5.82 Å². The Morgan fingerprint density at radius 2 is 1.88 bits per heavy atom. The molecule has 0 atom stereocenters. The number of rotatable bonds is 3. The molecule has 1 aromatic rings. The van der Waals surface area contributed by atoms with Crippen molar-refractivity contribution in [2.75, 3.05) is 11.0 Å². The number of nitrogens with one attached hydrogen (secondary N) is 1. The highest BCUT2D eigenvalue weighted by Crippen LogP contribution is 2.26. The molecule has 3 nitrogen and oxygen atoms in total. The summed E-state index contributed by atoms with van der Waals surface area (Å²) in [5, 5.41) is 0. The molecule has 1 N–H and O–H groups in total. The quantitative estimate of drug-likeness (QED) is 0.907. The van der Waals surface area contributed by atoms with Crippen LogP contribution in [0.2, 0.25) is 0 Å². The molecule has 0 aromatic heterocycles. The number of anilines is 1. The Bertz CT molecular complexity index is 504. The standard InChI is InChI=1S/C12H18FNO2S/c1-12(2,3)8-9-6-5-7-10(11(9)13)14-17(4,15)16/h5-7,14H,8H2,1-4H3. The van der Waals surface area contributed by atoms with Crippen molar-refractivity contribution >= 4 is 15.7 Å². The van der Waals surface area contributed by atoms with Crippen LogP contribution in [0.5, 0.6) is 0 Å². The van der Waals surface area contributed by atoms with Gasteiger partial charge < -0.3 is 0 Å². The largest absolute Gasteiger partial charge is 0.281 e. The Morgan fingerprint density at radius 3 is 2.35 bits per heavy atom. The topological polar surface area (TPSA) is 46.2 Å². The van der Waals surface area contributed by atoms with Crippen molar-refractivity contribution in [3.63, 3.8) is 0 Å². The van der Waals surface area contributed by atoms with Gasteiger partial charge in [-0.15, -0.1) is 0 Å². The number of sulfonamides is 1. The van der Waals surface area contributed by atoms with Crippen LogP contribution in [0.15, 0.2) is 18.2 Å². The highest BCUT2D eigenvalue weighted by Gasteiger charge is 2.17. The molecule has 5 heteroatoms. The lowest BCUT2D eigenvalue weighted by atomic mass is 9.88. The van der Waals surface area contributed by atoms with E-state index < -0.39 is 15.8 Å². The zero-order valence-corrected chi connectivity index (χ0v) is 11.4. The SMILES string of the molecule is CC(C)(C)Cc1cccc(NS(C)(=O)=O)c1F. The summed E-state index contributed by atoms with van der Waals surface area (Å²) in [6.45, 7) is 6.01. The highest BCUT2D eigenvalue weighted by atomic mass is 32.2. The molecule has 0 aliphatic carbocycles. The van der Waals surface area contributed by atoms with Crippen molar-refractivity contribution in [1.29, 1.82) is 0 Å². The molecule has 0 amide bonds. The van der Waals surface area contributed by atoms with Gasteiger partial charge >= 0.3 is 0 Å².